The minimum atomic E-state index is -2.51. The van der Waals surface area contributed by atoms with Gasteiger partial charge < -0.3 is 0 Å². The van der Waals surface area contributed by atoms with Gasteiger partial charge in [0, 0.05) is 9.46 Å². The normalized spacial score (nSPS) is 11.2. The molecule has 0 saturated carbocycles. The van der Waals surface area contributed by atoms with Crippen molar-refractivity contribution in [3.63, 3.8) is 0 Å². The quantitative estimate of drug-likeness (QED) is 0.585. The van der Waals surface area contributed by atoms with E-state index < -0.39 is 8.25 Å². The molecule has 0 radical (unpaired) electrons. The lowest BCUT2D eigenvalue weighted by Crippen LogP contribution is -1.68. The van der Waals surface area contributed by atoms with Crippen LogP contribution in [0.3, 0.4) is 0 Å². The Bertz CT molecular complexity index is 239. The van der Waals surface area contributed by atoms with Gasteiger partial charge in [-0.1, -0.05) is 18.2 Å². The predicted octanol–water partition coefficient (Wildman–Crippen LogP) is 2.36. The van der Waals surface area contributed by atoms with Gasteiger partial charge in [-0.25, -0.2) is 0 Å². The van der Waals surface area contributed by atoms with Gasteiger partial charge in [0.1, 0.15) is 0 Å². The van der Waals surface area contributed by atoms with Gasteiger partial charge >= 0.3 is 8.25 Å². The van der Waals surface area contributed by atoms with Crippen molar-refractivity contribution in [2.75, 3.05) is 0 Å². The molecule has 58 valence electrons. The molecule has 0 aromatic heterocycles. The minimum absolute atomic E-state index is 0.810. The van der Waals surface area contributed by atoms with Crippen molar-refractivity contribution in [2.45, 2.75) is 4.90 Å². The molecule has 1 rings (SSSR count). The topological polar surface area (TPSA) is 46.5 Å². The summed E-state index contributed by atoms with van der Waals surface area (Å²) in [6.07, 6.45) is 0. The van der Waals surface area contributed by atoms with E-state index in [2.05, 4.69) is 3.97 Å². The second kappa shape index (κ2) is 4.46. The Balaban J connectivity index is 2.45. The fourth-order valence-electron chi connectivity index (χ4n) is 0.551. The highest BCUT2D eigenvalue weighted by molar-refractivity contribution is 7.97. The van der Waals surface area contributed by atoms with Crippen molar-refractivity contribution in [3.8, 4) is 0 Å². The average Bonchev–Trinajstić information content (AvgIpc) is 2.03. The molecule has 0 bridgehead atoms. The Morgan fingerprint density at radius 1 is 1.36 bits per heavy atom. The Morgan fingerprint density at radius 3 is 2.55 bits per heavy atom. The summed E-state index contributed by atoms with van der Waals surface area (Å²) < 4.78 is 14.5. The Morgan fingerprint density at radius 2 is 2.00 bits per heavy atom. The fraction of sp³-hybridized carbons (Fsp3) is 0. The van der Waals surface area contributed by atoms with Crippen molar-refractivity contribution in [3.05, 3.63) is 30.3 Å². The van der Waals surface area contributed by atoms with Crippen molar-refractivity contribution in [2.24, 2.45) is 0 Å². The number of benzene rings is 1. The van der Waals surface area contributed by atoms with Crippen LogP contribution in [0.1, 0.15) is 0 Å². The van der Waals surface area contributed by atoms with Gasteiger partial charge in [-0.3, -0.25) is 0 Å². The summed E-state index contributed by atoms with van der Waals surface area (Å²) in [5, 5.41) is 0. The van der Waals surface area contributed by atoms with Gasteiger partial charge in [-0.2, -0.15) is 0 Å². The van der Waals surface area contributed by atoms with Crippen LogP contribution in [0.15, 0.2) is 35.2 Å². The molecule has 0 aliphatic rings. The molecule has 0 aliphatic carbocycles. The van der Waals surface area contributed by atoms with E-state index >= 15 is 0 Å². The van der Waals surface area contributed by atoms with E-state index in [1.165, 1.54) is 0 Å². The first kappa shape index (κ1) is 8.68. The van der Waals surface area contributed by atoms with Crippen LogP contribution in [0.2, 0.25) is 0 Å². The Kier molecular flexibility index (Phi) is 3.52. The summed E-state index contributed by atoms with van der Waals surface area (Å²) in [5.41, 5.74) is 0. The highest BCUT2D eigenvalue weighted by Crippen LogP contribution is 2.29. The summed E-state index contributed by atoms with van der Waals surface area (Å²) in [4.78, 5) is 9.09. The fourth-order valence-corrected chi connectivity index (χ4v) is 1.42. The van der Waals surface area contributed by atoms with E-state index in [-0.39, 0.29) is 0 Å². The van der Waals surface area contributed by atoms with Crippen molar-refractivity contribution in [1.29, 1.82) is 0 Å². The van der Waals surface area contributed by atoms with Crippen LogP contribution in [0.4, 0.5) is 0 Å². The van der Waals surface area contributed by atoms with E-state index in [9.17, 15) is 4.57 Å². The van der Waals surface area contributed by atoms with E-state index in [0.717, 1.165) is 16.9 Å². The summed E-state index contributed by atoms with van der Waals surface area (Å²) in [5.74, 6) is 0. The van der Waals surface area contributed by atoms with Gasteiger partial charge in [0.15, 0.2) is 0 Å². The van der Waals surface area contributed by atoms with Crippen LogP contribution in [0.25, 0.3) is 0 Å². The molecular formula is C6H6O3PS+. The third-order valence-corrected chi connectivity index (χ3v) is 2.21. The third-order valence-electron chi connectivity index (χ3n) is 0.940. The molecule has 0 heterocycles. The summed E-state index contributed by atoms with van der Waals surface area (Å²) in [6.45, 7) is 0. The van der Waals surface area contributed by atoms with Gasteiger partial charge in [0.05, 0.1) is 12.0 Å². The van der Waals surface area contributed by atoms with Crippen LogP contribution in [0.5, 0.6) is 0 Å². The number of hydrogen-bond donors (Lipinski definition) is 1. The van der Waals surface area contributed by atoms with Crippen molar-refractivity contribution < 1.29 is 13.4 Å². The van der Waals surface area contributed by atoms with Crippen LogP contribution >= 0.6 is 20.3 Å². The van der Waals surface area contributed by atoms with Crippen molar-refractivity contribution in [1.82, 2.24) is 0 Å². The first-order valence-electron chi connectivity index (χ1n) is 2.85. The molecule has 11 heavy (non-hydrogen) atoms. The zero-order valence-corrected chi connectivity index (χ0v) is 7.22. The van der Waals surface area contributed by atoms with E-state index in [1.54, 1.807) is 12.1 Å². The largest absolute Gasteiger partial charge is 0.707 e. The predicted molar refractivity (Wildman–Crippen MR) is 43.2 cm³/mol. The lowest BCUT2D eigenvalue weighted by molar-refractivity contribution is 0.432. The first-order chi connectivity index (χ1) is 5.29. The minimum Gasteiger partial charge on any atom is -0.133 e. The lowest BCUT2D eigenvalue weighted by Gasteiger charge is -1.88. The number of hydrogen-bond acceptors (Lipinski definition) is 3. The Hall–Kier alpha value is -0.410. The van der Waals surface area contributed by atoms with Crippen LogP contribution in [-0.2, 0) is 8.54 Å². The molecule has 0 aliphatic heterocycles. The molecule has 0 spiro atoms. The monoisotopic (exact) mass is 189 g/mol. The molecule has 1 atom stereocenters. The van der Waals surface area contributed by atoms with Crippen LogP contribution in [0, 0.1) is 0 Å². The maximum atomic E-state index is 10.1. The SMILES string of the molecule is O=[P+](O)OSc1ccccc1. The maximum Gasteiger partial charge on any atom is 0.707 e. The van der Waals surface area contributed by atoms with E-state index in [1.807, 2.05) is 18.2 Å². The molecule has 0 amide bonds. The molecule has 5 heteroatoms. The molecule has 1 unspecified atom stereocenters. The summed E-state index contributed by atoms with van der Waals surface area (Å²) in [7, 11) is -2.51. The highest BCUT2D eigenvalue weighted by atomic mass is 32.2. The lowest BCUT2D eigenvalue weighted by atomic mass is 10.4. The number of rotatable bonds is 3. The average molecular weight is 189 g/mol. The van der Waals surface area contributed by atoms with Gasteiger partial charge in [0.25, 0.3) is 0 Å². The van der Waals surface area contributed by atoms with Gasteiger partial charge in [-0.15, -0.1) is 4.89 Å². The smallest absolute Gasteiger partial charge is 0.133 e. The molecule has 1 aromatic carbocycles. The third kappa shape index (κ3) is 3.49. The Labute approximate surface area is 69.5 Å². The molecule has 0 fully saturated rings. The van der Waals surface area contributed by atoms with Crippen molar-refractivity contribution >= 4 is 20.3 Å². The highest BCUT2D eigenvalue weighted by Gasteiger charge is 2.12. The van der Waals surface area contributed by atoms with Crippen LogP contribution in [-0.4, -0.2) is 4.89 Å². The van der Waals surface area contributed by atoms with Gasteiger partial charge in [0.2, 0.25) is 0 Å². The molecule has 3 nitrogen and oxygen atoms in total. The van der Waals surface area contributed by atoms with E-state index in [0.29, 0.717) is 0 Å². The zero-order chi connectivity index (χ0) is 8.10. The molecule has 1 aromatic rings. The maximum absolute atomic E-state index is 10.1. The summed E-state index contributed by atoms with van der Waals surface area (Å²) in [6, 6.07) is 9.11. The van der Waals surface area contributed by atoms with Gasteiger partial charge in [-0.05, 0) is 16.1 Å². The molecular weight excluding hydrogens is 183 g/mol. The van der Waals surface area contributed by atoms with E-state index in [4.69, 9.17) is 4.89 Å². The molecule has 0 saturated heterocycles. The second-order valence-electron chi connectivity index (χ2n) is 1.71. The zero-order valence-electron chi connectivity index (χ0n) is 5.51. The standard InChI is InChI=1S/C6H5O3PS/c7-10(8)9-11-6-4-2-1-3-5-6/h1-5H/p+1. The molecule has 1 N–H and O–H groups in total. The first-order valence-corrected chi connectivity index (χ1v) is 4.72. The summed E-state index contributed by atoms with van der Waals surface area (Å²) >= 11 is 0.895. The van der Waals surface area contributed by atoms with Crippen LogP contribution < -0.4 is 0 Å². The second-order valence-corrected chi connectivity index (χ2v) is 3.42.